The van der Waals surface area contributed by atoms with Crippen molar-refractivity contribution in [3.8, 4) is 11.1 Å². The zero-order valence-electron chi connectivity index (χ0n) is 22.0. The Hall–Kier alpha value is -5.00. The minimum atomic E-state index is -1.43. The maximum absolute atomic E-state index is 13.0. The van der Waals surface area contributed by atoms with Gasteiger partial charge in [0, 0.05) is 25.2 Å². The van der Waals surface area contributed by atoms with E-state index in [1.807, 2.05) is 48.5 Å². The highest BCUT2D eigenvalue weighted by atomic mass is 16.7. The van der Waals surface area contributed by atoms with Crippen LogP contribution in [0.15, 0.2) is 60.8 Å². The van der Waals surface area contributed by atoms with Crippen LogP contribution in [0, 0.1) is 0 Å². The molecule has 0 bridgehead atoms. The van der Waals surface area contributed by atoms with Crippen LogP contribution in [-0.4, -0.2) is 58.5 Å². The zero-order chi connectivity index (χ0) is 29.1. The maximum Gasteiger partial charge on any atom is 0.407 e. The van der Waals surface area contributed by atoms with Crippen LogP contribution in [-0.2, 0) is 38.4 Å². The van der Waals surface area contributed by atoms with Gasteiger partial charge < -0.3 is 19.7 Å². The van der Waals surface area contributed by atoms with E-state index in [-0.39, 0.29) is 43.9 Å². The van der Waals surface area contributed by atoms with Crippen LogP contribution in [0.4, 0.5) is 4.79 Å². The molecule has 12 heteroatoms. The van der Waals surface area contributed by atoms with Crippen molar-refractivity contribution in [2.45, 2.75) is 50.5 Å². The molecule has 212 valence electrons. The van der Waals surface area contributed by atoms with Gasteiger partial charge in [-0.05, 0) is 35.1 Å². The van der Waals surface area contributed by atoms with Gasteiger partial charge in [-0.3, -0.25) is 14.4 Å². The Bertz CT molecular complexity index is 1380. The minimum Gasteiger partial charge on any atom is -0.449 e. The van der Waals surface area contributed by atoms with E-state index in [0.29, 0.717) is 11.5 Å². The van der Waals surface area contributed by atoms with Crippen LogP contribution in [0.25, 0.3) is 11.1 Å². The number of carbonyl (C=O) groups excluding carboxylic acids is 6. The van der Waals surface area contributed by atoms with E-state index >= 15 is 0 Å². The number of benzene rings is 2. The Kier molecular flexibility index (Phi) is 7.81. The second kappa shape index (κ2) is 11.6. The standard InChI is InChI=1S/C29H27N3O9/c1-17-10-12-24(33)31(17)41-28(37)23(11-15-27(36)40-32-25(34)13-14-26(32)35)30-29(38)39-16-22-20-8-4-2-6-18(20)19-7-3-5-9-21(19)22/h2-9,22-23H,1,10-16H2,(H,30,38). The first-order valence-corrected chi connectivity index (χ1v) is 13.1. The number of nitrogens with one attached hydrogen (secondary N) is 1. The van der Waals surface area contributed by atoms with Gasteiger partial charge in [0.2, 0.25) is 0 Å². The average Bonchev–Trinajstić information content (AvgIpc) is 3.58. The van der Waals surface area contributed by atoms with Crippen LogP contribution in [0.1, 0.15) is 55.6 Å². The number of hydrogen-bond donors (Lipinski definition) is 1. The van der Waals surface area contributed by atoms with Gasteiger partial charge in [-0.2, -0.15) is 0 Å². The molecule has 0 radical (unpaired) electrons. The fourth-order valence-electron chi connectivity index (χ4n) is 5.00. The second-order valence-corrected chi connectivity index (χ2v) is 9.77. The molecule has 2 fully saturated rings. The molecule has 1 unspecified atom stereocenters. The Morgan fingerprint density at radius 2 is 1.39 bits per heavy atom. The number of hydroxylamine groups is 4. The van der Waals surface area contributed by atoms with Crippen molar-refractivity contribution in [1.29, 1.82) is 0 Å². The molecular formula is C29H27N3O9. The highest BCUT2D eigenvalue weighted by Crippen LogP contribution is 2.44. The van der Waals surface area contributed by atoms with Gasteiger partial charge in [0.25, 0.3) is 17.7 Å². The number of imide groups is 1. The van der Waals surface area contributed by atoms with Gasteiger partial charge >= 0.3 is 18.0 Å². The van der Waals surface area contributed by atoms with Gasteiger partial charge in [0.15, 0.2) is 0 Å². The predicted molar refractivity (Wildman–Crippen MR) is 140 cm³/mol. The lowest BCUT2D eigenvalue weighted by Gasteiger charge is -2.22. The molecule has 5 rings (SSSR count). The Labute approximate surface area is 234 Å². The molecule has 3 aliphatic rings. The molecule has 2 heterocycles. The first kappa shape index (κ1) is 27.6. The van der Waals surface area contributed by atoms with Crippen molar-refractivity contribution in [1.82, 2.24) is 15.4 Å². The molecule has 0 spiro atoms. The van der Waals surface area contributed by atoms with Crippen molar-refractivity contribution in [3.05, 3.63) is 71.9 Å². The Balaban J connectivity index is 1.24. The molecule has 41 heavy (non-hydrogen) atoms. The van der Waals surface area contributed by atoms with Gasteiger partial charge in [0.1, 0.15) is 12.6 Å². The van der Waals surface area contributed by atoms with E-state index in [1.54, 1.807) is 0 Å². The molecule has 4 amide bonds. The molecule has 0 aromatic heterocycles. The van der Waals surface area contributed by atoms with E-state index < -0.39 is 48.2 Å². The number of carbonyl (C=O) groups is 6. The summed E-state index contributed by atoms with van der Waals surface area (Å²) in [5.41, 5.74) is 4.35. The summed E-state index contributed by atoms with van der Waals surface area (Å²) >= 11 is 0. The van der Waals surface area contributed by atoms with Crippen molar-refractivity contribution in [3.63, 3.8) is 0 Å². The number of ether oxygens (including phenoxy) is 1. The maximum atomic E-state index is 13.0. The summed E-state index contributed by atoms with van der Waals surface area (Å²) in [6.07, 6.45) is -1.46. The smallest absolute Gasteiger partial charge is 0.407 e. The Morgan fingerprint density at radius 1 is 0.829 bits per heavy atom. The molecule has 2 aromatic rings. The summed E-state index contributed by atoms with van der Waals surface area (Å²) in [5, 5.41) is 3.55. The van der Waals surface area contributed by atoms with Crippen LogP contribution in [0.3, 0.4) is 0 Å². The number of rotatable bonds is 9. The van der Waals surface area contributed by atoms with E-state index in [0.717, 1.165) is 27.3 Å². The first-order chi connectivity index (χ1) is 19.7. The summed E-state index contributed by atoms with van der Waals surface area (Å²) in [6, 6.07) is 14.2. The number of hydrogen-bond acceptors (Lipinski definition) is 9. The van der Waals surface area contributed by atoms with Crippen molar-refractivity contribution >= 4 is 35.8 Å². The van der Waals surface area contributed by atoms with E-state index in [9.17, 15) is 28.8 Å². The van der Waals surface area contributed by atoms with Crippen molar-refractivity contribution in [2.75, 3.05) is 6.61 Å². The number of alkyl carbamates (subject to hydrolysis) is 1. The third-order valence-electron chi connectivity index (χ3n) is 7.08. The highest BCUT2D eigenvalue weighted by Gasteiger charge is 2.36. The van der Waals surface area contributed by atoms with Gasteiger partial charge in [-0.25, -0.2) is 14.4 Å². The molecular weight excluding hydrogens is 534 g/mol. The summed E-state index contributed by atoms with van der Waals surface area (Å²) in [7, 11) is 0. The van der Waals surface area contributed by atoms with Gasteiger partial charge in [-0.1, -0.05) is 55.1 Å². The monoisotopic (exact) mass is 561 g/mol. The van der Waals surface area contributed by atoms with E-state index in [1.165, 1.54) is 0 Å². The summed E-state index contributed by atoms with van der Waals surface area (Å²) in [4.78, 5) is 83.7. The first-order valence-electron chi connectivity index (χ1n) is 13.1. The van der Waals surface area contributed by atoms with Crippen LogP contribution >= 0.6 is 0 Å². The van der Waals surface area contributed by atoms with Crippen molar-refractivity contribution < 1.29 is 43.2 Å². The molecule has 0 saturated carbocycles. The average molecular weight is 562 g/mol. The number of fused-ring (bicyclic) bond motifs is 3. The molecule has 2 saturated heterocycles. The molecule has 2 aliphatic heterocycles. The lowest BCUT2D eigenvalue weighted by molar-refractivity contribution is -0.198. The number of amides is 4. The third kappa shape index (κ3) is 5.81. The number of allylic oxidation sites excluding steroid dienone is 1. The van der Waals surface area contributed by atoms with Gasteiger partial charge in [-0.15, -0.1) is 10.1 Å². The van der Waals surface area contributed by atoms with Crippen LogP contribution in [0.5, 0.6) is 0 Å². The highest BCUT2D eigenvalue weighted by molar-refractivity contribution is 6.01. The fourth-order valence-corrected chi connectivity index (χ4v) is 5.00. The zero-order valence-corrected chi connectivity index (χ0v) is 22.0. The van der Waals surface area contributed by atoms with Gasteiger partial charge in [0.05, 0.1) is 12.1 Å². The normalized spacial score (nSPS) is 16.9. The lowest BCUT2D eigenvalue weighted by Crippen LogP contribution is -2.45. The number of nitrogens with zero attached hydrogens (tertiary/aromatic N) is 2. The molecule has 1 aliphatic carbocycles. The molecule has 1 atom stereocenters. The topological polar surface area (TPSA) is 149 Å². The SMILES string of the molecule is C=C1CCC(=O)N1OC(=O)C(CCC(=O)ON1C(=O)CCC1=O)NC(=O)OCC1c2ccccc2-c2ccccc21. The van der Waals surface area contributed by atoms with E-state index in [4.69, 9.17) is 14.4 Å². The third-order valence-corrected chi connectivity index (χ3v) is 7.08. The fraction of sp³-hybridized carbons (Fsp3) is 0.310. The summed E-state index contributed by atoms with van der Waals surface area (Å²) in [6.45, 7) is 3.66. The molecule has 2 aromatic carbocycles. The largest absolute Gasteiger partial charge is 0.449 e. The summed E-state index contributed by atoms with van der Waals surface area (Å²) < 4.78 is 5.51. The Morgan fingerprint density at radius 3 is 1.98 bits per heavy atom. The predicted octanol–water partition coefficient (Wildman–Crippen LogP) is 2.88. The van der Waals surface area contributed by atoms with Crippen LogP contribution < -0.4 is 5.32 Å². The molecule has 12 nitrogen and oxygen atoms in total. The summed E-state index contributed by atoms with van der Waals surface area (Å²) in [5.74, 6) is -4.01. The lowest BCUT2D eigenvalue weighted by atomic mass is 9.98. The second-order valence-electron chi connectivity index (χ2n) is 9.77. The minimum absolute atomic E-state index is 0.0235. The quantitative estimate of drug-likeness (QED) is 0.456. The van der Waals surface area contributed by atoms with Crippen LogP contribution in [0.2, 0.25) is 0 Å². The van der Waals surface area contributed by atoms with E-state index in [2.05, 4.69) is 11.9 Å². The van der Waals surface area contributed by atoms with Crippen molar-refractivity contribution in [2.24, 2.45) is 0 Å². The molecule has 1 N–H and O–H groups in total.